The number of ether oxygens (including phenoxy) is 2. The fourth-order valence-corrected chi connectivity index (χ4v) is 7.33. The van der Waals surface area contributed by atoms with Gasteiger partial charge in [0.25, 0.3) is 0 Å². The first-order valence-electron chi connectivity index (χ1n) is 20.0. The van der Waals surface area contributed by atoms with Crippen molar-refractivity contribution in [2.45, 2.75) is 78.7 Å². The molecule has 0 amide bonds. The number of nitrogen functional groups attached to an aromatic ring is 2. The van der Waals surface area contributed by atoms with Crippen LogP contribution < -0.4 is 26.4 Å². The van der Waals surface area contributed by atoms with Gasteiger partial charge in [-0.2, -0.15) is 10.2 Å². The van der Waals surface area contributed by atoms with Crippen LogP contribution in [-0.2, 0) is 13.1 Å². The molecule has 308 valence electrons. The SMILES string of the molecule is CC(C)Cn1nc(-c2ccc3nc(OC4CC4)ccc3c2)c2c(N)ncnc21.CC(C)Cn1nc(I)c2c(N)ncnc21.OB(O)c1ccc2nc(OC3CC3)ccc2c1. The number of pyridine rings is 2. The number of aromatic nitrogens is 10. The number of rotatable bonds is 10. The van der Waals surface area contributed by atoms with Gasteiger partial charge in [0.15, 0.2) is 11.3 Å². The average molecular weight is 921 g/mol. The lowest BCUT2D eigenvalue weighted by molar-refractivity contribution is 0.292. The summed E-state index contributed by atoms with van der Waals surface area (Å²) in [5, 5.41) is 30.9. The van der Waals surface area contributed by atoms with E-state index >= 15 is 0 Å². The fraction of sp³-hybridized carbons (Fsp3) is 0.333. The Labute approximate surface area is 360 Å². The molecule has 16 nitrogen and oxygen atoms in total. The molecule has 2 aromatic carbocycles. The smallest absolute Gasteiger partial charge is 0.474 e. The highest BCUT2D eigenvalue weighted by Gasteiger charge is 2.25. The van der Waals surface area contributed by atoms with E-state index in [0.717, 1.165) is 97.6 Å². The molecule has 8 aromatic rings. The van der Waals surface area contributed by atoms with Crippen LogP contribution in [0.25, 0.3) is 55.1 Å². The third kappa shape index (κ3) is 9.50. The van der Waals surface area contributed by atoms with Gasteiger partial charge in [0.2, 0.25) is 11.8 Å². The summed E-state index contributed by atoms with van der Waals surface area (Å²) >= 11 is 2.16. The van der Waals surface area contributed by atoms with Crippen molar-refractivity contribution in [3.8, 4) is 23.0 Å². The molecule has 0 saturated heterocycles. The molecule has 0 radical (unpaired) electrons. The van der Waals surface area contributed by atoms with Gasteiger partial charge >= 0.3 is 7.12 Å². The number of nitrogens with two attached hydrogens (primary N) is 2. The highest BCUT2D eigenvalue weighted by Crippen LogP contribution is 2.33. The molecule has 2 fully saturated rings. The second-order valence-corrected chi connectivity index (χ2v) is 16.9. The summed E-state index contributed by atoms with van der Waals surface area (Å²) < 4.78 is 16.1. The van der Waals surface area contributed by atoms with Gasteiger partial charge in [-0.15, -0.1) is 0 Å². The lowest BCUT2D eigenvalue weighted by Crippen LogP contribution is -2.29. The Morgan fingerprint density at radius 1 is 0.683 bits per heavy atom. The Hall–Kier alpha value is -5.73. The molecule has 2 saturated carbocycles. The molecule has 6 aromatic heterocycles. The molecule has 0 bridgehead atoms. The number of halogens is 1. The first-order valence-corrected chi connectivity index (χ1v) is 21.1. The Balaban J connectivity index is 0.000000134. The van der Waals surface area contributed by atoms with Crippen molar-refractivity contribution in [2.24, 2.45) is 11.8 Å². The lowest BCUT2D eigenvalue weighted by Gasteiger charge is -2.06. The Morgan fingerprint density at radius 3 is 1.75 bits per heavy atom. The summed E-state index contributed by atoms with van der Waals surface area (Å²) in [7, 11) is -1.44. The van der Waals surface area contributed by atoms with Crippen molar-refractivity contribution in [1.82, 2.24) is 49.5 Å². The first kappa shape index (κ1) is 41.0. The van der Waals surface area contributed by atoms with Crippen molar-refractivity contribution in [2.75, 3.05) is 11.5 Å². The maximum atomic E-state index is 9.08. The molecule has 0 spiro atoms. The van der Waals surface area contributed by atoms with E-state index in [1.54, 1.807) is 18.2 Å². The van der Waals surface area contributed by atoms with Crippen LogP contribution in [0.4, 0.5) is 11.6 Å². The number of fused-ring (bicyclic) bond motifs is 4. The number of nitrogens with zero attached hydrogens (tertiary/aromatic N) is 10. The van der Waals surface area contributed by atoms with E-state index in [-0.39, 0.29) is 0 Å². The summed E-state index contributed by atoms with van der Waals surface area (Å²) in [6.07, 6.45) is 8.09. The fourth-order valence-electron chi connectivity index (χ4n) is 6.55. The Kier molecular flexibility index (Phi) is 11.9. The highest BCUT2D eigenvalue weighted by atomic mass is 127. The van der Waals surface area contributed by atoms with Crippen LogP contribution in [0.1, 0.15) is 53.4 Å². The molecule has 0 aliphatic heterocycles. The van der Waals surface area contributed by atoms with Gasteiger partial charge < -0.3 is 31.0 Å². The van der Waals surface area contributed by atoms with Gasteiger partial charge in [0.05, 0.1) is 21.8 Å². The minimum absolute atomic E-state index is 0.332. The van der Waals surface area contributed by atoms with Crippen molar-refractivity contribution in [3.63, 3.8) is 0 Å². The van der Waals surface area contributed by atoms with E-state index in [0.29, 0.717) is 52.9 Å². The maximum Gasteiger partial charge on any atom is 0.488 e. The standard InChI is InChI=1S/C21H22N6O.C12H12BNO3.C9H12IN5/c1-12(2)10-27-21-18(20(22)23-11-24-21)19(26-27)14-3-7-16-13(9-14)4-8-17(25-16)28-15-5-6-15;15-13(16)9-2-5-11-8(7-9)1-6-12(14-11)17-10-3-4-10;1-5(2)3-15-9-6(7(10)14-15)8(11)12-4-13-9/h3-4,7-9,11-12,15H,5-6,10H2,1-2H3,(H2,22,23,24);1-2,5-7,10,15-16H,3-4H2;4-5H,3H2,1-2H3,(H2,11,12,13). The minimum Gasteiger partial charge on any atom is -0.474 e. The average Bonchev–Trinajstić information content (AvgIpc) is 4.15. The number of hydrogen-bond acceptors (Lipinski definition) is 14. The number of hydrogen-bond donors (Lipinski definition) is 4. The monoisotopic (exact) mass is 920 g/mol. The van der Waals surface area contributed by atoms with Crippen LogP contribution in [0.3, 0.4) is 0 Å². The second-order valence-electron chi connectivity index (χ2n) is 15.9. The normalized spacial score (nSPS) is 13.8. The summed E-state index contributed by atoms with van der Waals surface area (Å²) in [5.74, 6) is 3.24. The third-order valence-electron chi connectivity index (χ3n) is 9.70. The quantitative estimate of drug-likeness (QED) is 0.0920. The predicted octanol–water partition coefficient (Wildman–Crippen LogP) is 5.95. The van der Waals surface area contributed by atoms with Crippen LogP contribution in [0.5, 0.6) is 11.8 Å². The van der Waals surface area contributed by atoms with Gasteiger partial charge in [-0.1, -0.05) is 45.9 Å². The summed E-state index contributed by atoms with van der Waals surface area (Å²) in [6, 6.07) is 18.9. The summed E-state index contributed by atoms with van der Waals surface area (Å²) in [6.45, 7) is 10.2. The van der Waals surface area contributed by atoms with Gasteiger partial charge in [-0.3, -0.25) is 0 Å². The van der Waals surface area contributed by atoms with Crippen molar-refractivity contribution < 1.29 is 19.5 Å². The van der Waals surface area contributed by atoms with Crippen molar-refractivity contribution in [3.05, 3.63) is 77.0 Å². The van der Waals surface area contributed by atoms with E-state index in [2.05, 4.69) is 91.4 Å². The van der Waals surface area contributed by atoms with Gasteiger partial charge in [-0.25, -0.2) is 39.3 Å². The van der Waals surface area contributed by atoms with Gasteiger partial charge in [0, 0.05) is 41.6 Å². The zero-order chi connectivity index (χ0) is 42.1. The first-order chi connectivity index (χ1) is 28.9. The van der Waals surface area contributed by atoms with Crippen LogP contribution in [0.2, 0.25) is 0 Å². The molecule has 0 atom stereocenters. The highest BCUT2D eigenvalue weighted by molar-refractivity contribution is 14.1. The zero-order valence-corrected chi connectivity index (χ0v) is 35.9. The van der Waals surface area contributed by atoms with E-state index in [9.17, 15) is 0 Å². The molecule has 6 N–H and O–H groups in total. The molecule has 6 heterocycles. The number of benzene rings is 2. The van der Waals surface area contributed by atoms with Crippen LogP contribution in [0, 0.1) is 15.5 Å². The van der Waals surface area contributed by atoms with Crippen LogP contribution in [-0.4, -0.2) is 78.8 Å². The molecule has 10 rings (SSSR count). The maximum absolute atomic E-state index is 9.08. The molecule has 2 aliphatic carbocycles. The molecule has 2 aliphatic rings. The molecule has 0 unspecified atom stereocenters. The largest absolute Gasteiger partial charge is 0.488 e. The van der Waals surface area contributed by atoms with Gasteiger partial charge in [-0.05, 0) is 95.9 Å². The van der Waals surface area contributed by atoms with E-state index < -0.39 is 7.12 Å². The Bertz CT molecular complexity index is 2810. The van der Waals surface area contributed by atoms with Crippen molar-refractivity contribution in [1.29, 1.82) is 0 Å². The lowest BCUT2D eigenvalue weighted by atomic mass is 9.80. The van der Waals surface area contributed by atoms with Crippen LogP contribution >= 0.6 is 22.6 Å². The summed E-state index contributed by atoms with van der Waals surface area (Å²) in [4.78, 5) is 25.8. The van der Waals surface area contributed by atoms with Gasteiger partial charge in [0.1, 0.15) is 45.9 Å². The zero-order valence-electron chi connectivity index (χ0n) is 33.8. The van der Waals surface area contributed by atoms with Crippen LogP contribution in [0.15, 0.2) is 73.3 Å². The molecular weight excluding hydrogens is 874 g/mol. The molecule has 18 heteroatoms. The van der Waals surface area contributed by atoms with E-state index in [1.807, 2.05) is 45.8 Å². The molecular formula is C42H46BIN12O4. The van der Waals surface area contributed by atoms with E-state index in [4.69, 9.17) is 36.1 Å². The van der Waals surface area contributed by atoms with Crippen molar-refractivity contribution >= 4 is 90.7 Å². The molecule has 60 heavy (non-hydrogen) atoms. The number of anilines is 2. The van der Waals surface area contributed by atoms with E-state index in [1.165, 1.54) is 12.7 Å². The predicted molar refractivity (Wildman–Crippen MR) is 241 cm³/mol. The topological polar surface area (TPSA) is 224 Å². The minimum atomic E-state index is -1.44. The second kappa shape index (κ2) is 17.5. The Morgan fingerprint density at radius 2 is 1.20 bits per heavy atom. The third-order valence-corrected chi connectivity index (χ3v) is 10.5. The summed E-state index contributed by atoms with van der Waals surface area (Å²) in [5.41, 5.74) is 17.5.